The summed E-state index contributed by atoms with van der Waals surface area (Å²) in [5.41, 5.74) is 8.51. The molecule has 1 heterocycles. The van der Waals surface area contributed by atoms with Gasteiger partial charge in [-0.3, -0.25) is 4.98 Å². The van der Waals surface area contributed by atoms with Gasteiger partial charge in [-0.1, -0.05) is 0 Å². The van der Waals surface area contributed by atoms with Gasteiger partial charge in [-0.15, -0.1) is 0 Å². The fraction of sp³-hybridized carbons (Fsp3) is 0.444. The average molecular weight is 164 g/mol. The van der Waals surface area contributed by atoms with Gasteiger partial charge in [-0.25, -0.2) is 0 Å². The minimum Gasteiger partial charge on any atom is -0.506 e. The van der Waals surface area contributed by atoms with Gasteiger partial charge in [-0.2, -0.15) is 0 Å². The summed E-state index contributed by atoms with van der Waals surface area (Å²) in [7, 11) is 0. The van der Waals surface area contributed by atoms with Crippen molar-refractivity contribution in [3.8, 4) is 5.75 Å². The van der Waals surface area contributed by atoms with Gasteiger partial charge in [0.25, 0.3) is 0 Å². The molecule has 1 aromatic rings. The van der Waals surface area contributed by atoms with Crippen LogP contribution in [-0.4, -0.2) is 10.1 Å². The van der Waals surface area contributed by atoms with Crippen LogP contribution in [0.4, 0.5) is 0 Å². The quantitative estimate of drug-likeness (QED) is 0.602. The first-order chi connectivity index (χ1) is 5.70. The highest BCUT2D eigenvalue weighted by Gasteiger charge is 2.23. The van der Waals surface area contributed by atoms with Gasteiger partial charge in [0.2, 0.25) is 0 Å². The molecule has 12 heavy (non-hydrogen) atoms. The summed E-state index contributed by atoms with van der Waals surface area (Å²) in [6.07, 6.45) is 3.68. The van der Waals surface area contributed by atoms with E-state index in [2.05, 4.69) is 4.98 Å². The summed E-state index contributed by atoms with van der Waals surface area (Å²) in [4.78, 5) is 4.08. The molecule has 1 aliphatic carbocycles. The third kappa shape index (κ3) is 0.898. The van der Waals surface area contributed by atoms with Crippen LogP contribution in [0.3, 0.4) is 0 Å². The number of rotatable bonds is 0. The lowest BCUT2D eigenvalue weighted by molar-refractivity contribution is 0.456. The number of fused-ring (bicyclic) bond motifs is 1. The maximum Gasteiger partial charge on any atom is 0.141 e. The first-order valence-electron chi connectivity index (χ1n) is 4.13. The highest BCUT2D eigenvalue weighted by Crippen LogP contribution is 2.36. The predicted octanol–water partition coefficient (Wildman–Crippen LogP) is 1.04. The van der Waals surface area contributed by atoms with E-state index in [1.54, 1.807) is 6.92 Å². The highest BCUT2D eigenvalue weighted by molar-refractivity contribution is 5.45. The van der Waals surface area contributed by atoms with Crippen molar-refractivity contribution < 1.29 is 5.11 Å². The molecule has 1 atom stereocenters. The van der Waals surface area contributed by atoms with E-state index in [1.165, 1.54) is 0 Å². The summed E-state index contributed by atoms with van der Waals surface area (Å²) in [5, 5.41) is 9.65. The van der Waals surface area contributed by atoms with E-state index < -0.39 is 0 Å². The van der Waals surface area contributed by atoms with Crippen LogP contribution in [0.5, 0.6) is 5.75 Å². The van der Waals surface area contributed by atoms with Crippen molar-refractivity contribution >= 4 is 0 Å². The zero-order valence-corrected chi connectivity index (χ0v) is 7.04. The normalized spacial score (nSPS) is 21.0. The second-order valence-electron chi connectivity index (χ2n) is 3.28. The largest absolute Gasteiger partial charge is 0.506 e. The van der Waals surface area contributed by atoms with Crippen molar-refractivity contribution in [2.45, 2.75) is 25.8 Å². The number of nitrogens with two attached hydrogens (primary N) is 1. The second-order valence-corrected chi connectivity index (χ2v) is 3.28. The van der Waals surface area contributed by atoms with Gasteiger partial charge < -0.3 is 10.8 Å². The molecule has 0 spiro atoms. The molecule has 0 saturated heterocycles. The number of hydrogen-bond donors (Lipinski definition) is 2. The summed E-state index contributed by atoms with van der Waals surface area (Å²) >= 11 is 0. The molecular weight excluding hydrogens is 152 g/mol. The van der Waals surface area contributed by atoms with E-state index >= 15 is 0 Å². The Morgan fingerprint density at radius 3 is 3.17 bits per heavy atom. The fourth-order valence-electron chi connectivity index (χ4n) is 1.72. The molecule has 0 bridgehead atoms. The molecule has 1 aliphatic rings. The van der Waals surface area contributed by atoms with Crippen molar-refractivity contribution in [2.24, 2.45) is 5.73 Å². The fourth-order valence-corrected chi connectivity index (χ4v) is 1.72. The Kier molecular flexibility index (Phi) is 1.54. The van der Waals surface area contributed by atoms with Crippen LogP contribution in [0.2, 0.25) is 0 Å². The Morgan fingerprint density at radius 1 is 1.67 bits per heavy atom. The second kappa shape index (κ2) is 2.45. The first-order valence-corrected chi connectivity index (χ1v) is 4.13. The molecule has 0 fully saturated rings. The zero-order valence-electron chi connectivity index (χ0n) is 7.04. The molecule has 3 N–H and O–H groups in total. The molecular formula is C9H12N2O. The predicted molar refractivity (Wildman–Crippen MR) is 45.9 cm³/mol. The van der Waals surface area contributed by atoms with Crippen LogP contribution in [0.15, 0.2) is 6.20 Å². The minimum absolute atomic E-state index is 0.00157. The average Bonchev–Trinajstić information content (AvgIpc) is 2.41. The highest BCUT2D eigenvalue weighted by atomic mass is 16.3. The number of hydrogen-bond acceptors (Lipinski definition) is 3. The molecule has 2 rings (SSSR count). The van der Waals surface area contributed by atoms with E-state index in [4.69, 9.17) is 5.73 Å². The summed E-state index contributed by atoms with van der Waals surface area (Å²) in [6.45, 7) is 1.79. The molecule has 0 aromatic carbocycles. The number of aryl methyl sites for hydroxylation is 2. The molecule has 3 heteroatoms. The third-order valence-corrected chi connectivity index (χ3v) is 2.45. The van der Waals surface area contributed by atoms with Crippen LogP contribution in [0, 0.1) is 6.92 Å². The standard InChI is InChI=1S/C9H12N2O/c1-5-9(12)8-6(4-11-5)2-3-7(8)10/h4,7,12H,2-3,10H2,1H3. The van der Waals surface area contributed by atoms with Crippen molar-refractivity contribution in [1.82, 2.24) is 4.98 Å². The number of pyridine rings is 1. The van der Waals surface area contributed by atoms with Gasteiger partial charge in [-0.05, 0) is 25.3 Å². The lowest BCUT2D eigenvalue weighted by Gasteiger charge is -2.08. The minimum atomic E-state index is 0.00157. The monoisotopic (exact) mass is 164 g/mol. The number of aromatic nitrogens is 1. The molecule has 0 saturated carbocycles. The summed E-state index contributed by atoms with van der Waals surface area (Å²) in [5.74, 6) is 0.289. The topological polar surface area (TPSA) is 59.1 Å². The van der Waals surface area contributed by atoms with Crippen molar-refractivity contribution in [2.75, 3.05) is 0 Å². The Hall–Kier alpha value is -1.09. The zero-order chi connectivity index (χ0) is 8.72. The van der Waals surface area contributed by atoms with Gasteiger partial charge >= 0.3 is 0 Å². The van der Waals surface area contributed by atoms with E-state index in [9.17, 15) is 5.11 Å². The lowest BCUT2D eigenvalue weighted by atomic mass is 10.1. The van der Waals surface area contributed by atoms with Gasteiger partial charge in [0.05, 0.1) is 5.69 Å². The van der Waals surface area contributed by atoms with E-state index in [1.807, 2.05) is 6.20 Å². The first kappa shape index (κ1) is 7.55. The molecule has 1 unspecified atom stereocenters. The van der Waals surface area contributed by atoms with Crippen molar-refractivity contribution in [3.05, 3.63) is 23.0 Å². The van der Waals surface area contributed by atoms with Crippen LogP contribution in [0.25, 0.3) is 0 Å². The summed E-state index contributed by atoms with van der Waals surface area (Å²) in [6, 6.07) is 0.00157. The Bertz CT molecular complexity index is 323. The summed E-state index contributed by atoms with van der Waals surface area (Å²) < 4.78 is 0. The van der Waals surface area contributed by atoms with Gasteiger partial charge in [0, 0.05) is 17.8 Å². The van der Waals surface area contributed by atoms with Crippen molar-refractivity contribution in [1.29, 1.82) is 0 Å². The maximum atomic E-state index is 9.65. The Labute approximate surface area is 71.2 Å². The molecule has 1 aromatic heterocycles. The van der Waals surface area contributed by atoms with Gasteiger partial charge in [0.15, 0.2) is 0 Å². The van der Waals surface area contributed by atoms with E-state index in [0.29, 0.717) is 5.69 Å². The third-order valence-electron chi connectivity index (χ3n) is 2.45. The van der Waals surface area contributed by atoms with Crippen LogP contribution in [0.1, 0.15) is 29.3 Å². The Balaban J connectivity index is 2.63. The van der Waals surface area contributed by atoms with Crippen LogP contribution >= 0.6 is 0 Å². The molecule has 64 valence electrons. The molecule has 3 nitrogen and oxygen atoms in total. The smallest absolute Gasteiger partial charge is 0.141 e. The Morgan fingerprint density at radius 2 is 2.42 bits per heavy atom. The van der Waals surface area contributed by atoms with E-state index in [-0.39, 0.29) is 11.8 Å². The van der Waals surface area contributed by atoms with Crippen LogP contribution < -0.4 is 5.73 Å². The van der Waals surface area contributed by atoms with E-state index in [0.717, 1.165) is 24.0 Å². The van der Waals surface area contributed by atoms with Crippen molar-refractivity contribution in [3.63, 3.8) is 0 Å². The number of nitrogens with zero attached hydrogens (tertiary/aromatic N) is 1. The lowest BCUT2D eigenvalue weighted by Crippen LogP contribution is -2.06. The molecule has 0 radical (unpaired) electrons. The molecule has 0 amide bonds. The maximum absolute atomic E-state index is 9.65. The van der Waals surface area contributed by atoms with Crippen LogP contribution in [-0.2, 0) is 6.42 Å². The SMILES string of the molecule is Cc1ncc2c(c1O)C(N)CC2. The number of aromatic hydroxyl groups is 1. The molecule has 0 aliphatic heterocycles. The van der Waals surface area contributed by atoms with Gasteiger partial charge in [0.1, 0.15) is 5.75 Å².